The zero-order valence-corrected chi connectivity index (χ0v) is 11.7. The molecule has 0 saturated heterocycles. The third kappa shape index (κ3) is 2.66. The highest BCUT2D eigenvalue weighted by Crippen LogP contribution is 2.38. The highest BCUT2D eigenvalue weighted by molar-refractivity contribution is 5.78. The predicted octanol–water partition coefficient (Wildman–Crippen LogP) is 3.83. The molecule has 0 spiro atoms. The number of hydrogen-bond donors (Lipinski definition) is 2. The van der Waals surface area contributed by atoms with Crippen molar-refractivity contribution in [3.63, 3.8) is 0 Å². The molecule has 0 aliphatic heterocycles. The molecule has 0 aromatic heterocycles. The number of carboxylic acids is 1. The molecule has 3 nitrogen and oxygen atoms in total. The fraction of sp³-hybridized carbons (Fsp3) is 0.533. The number of aliphatic carboxylic acids is 1. The molecule has 100 valence electrons. The van der Waals surface area contributed by atoms with E-state index in [4.69, 9.17) is 0 Å². The fourth-order valence-corrected chi connectivity index (χ4v) is 2.19. The fourth-order valence-electron chi connectivity index (χ4n) is 2.19. The average molecular weight is 250 g/mol. The summed E-state index contributed by atoms with van der Waals surface area (Å²) in [5.74, 6) is -1.10. The molecular weight excluding hydrogens is 228 g/mol. The maximum absolute atomic E-state index is 11.2. The van der Waals surface area contributed by atoms with Crippen molar-refractivity contribution in [3.8, 4) is 5.75 Å². The molecule has 1 aromatic rings. The molecule has 1 rings (SSSR count). The van der Waals surface area contributed by atoms with E-state index in [2.05, 4.69) is 0 Å². The second-order valence-electron chi connectivity index (χ2n) is 5.38. The molecule has 2 N–H and O–H groups in total. The first kappa shape index (κ1) is 14.6. The van der Waals surface area contributed by atoms with Gasteiger partial charge in [-0.15, -0.1) is 0 Å². The van der Waals surface area contributed by atoms with E-state index in [0.29, 0.717) is 5.56 Å². The number of aromatic hydroxyl groups is 1. The lowest BCUT2D eigenvalue weighted by molar-refractivity contribution is -0.138. The molecule has 0 heterocycles. The molecule has 0 fully saturated rings. The Morgan fingerprint density at radius 2 is 1.44 bits per heavy atom. The maximum Gasteiger partial charge on any atom is 0.310 e. The van der Waals surface area contributed by atoms with Gasteiger partial charge in [-0.2, -0.15) is 0 Å². The Balaban J connectivity index is 3.50. The van der Waals surface area contributed by atoms with Gasteiger partial charge >= 0.3 is 5.97 Å². The van der Waals surface area contributed by atoms with E-state index < -0.39 is 11.9 Å². The molecule has 0 bridgehead atoms. The Bertz CT molecular complexity index is 447. The van der Waals surface area contributed by atoms with Crippen LogP contribution in [0.2, 0.25) is 0 Å². The van der Waals surface area contributed by atoms with Gasteiger partial charge in [-0.25, -0.2) is 0 Å². The standard InChI is InChI=1S/C15H22O3/c1-8(2)11-6-7-12(9(3)4)14(16)13(11)10(5)15(17)18/h6-10,16H,1-5H3,(H,17,18). The van der Waals surface area contributed by atoms with Crippen LogP contribution in [-0.4, -0.2) is 16.2 Å². The lowest BCUT2D eigenvalue weighted by Gasteiger charge is -2.21. The van der Waals surface area contributed by atoms with Crippen molar-refractivity contribution in [1.29, 1.82) is 0 Å². The van der Waals surface area contributed by atoms with Crippen LogP contribution in [0.3, 0.4) is 0 Å². The van der Waals surface area contributed by atoms with Crippen molar-refractivity contribution in [2.75, 3.05) is 0 Å². The summed E-state index contributed by atoms with van der Waals surface area (Å²) < 4.78 is 0. The Kier molecular flexibility index (Phi) is 4.38. The quantitative estimate of drug-likeness (QED) is 0.853. The monoisotopic (exact) mass is 250 g/mol. The van der Waals surface area contributed by atoms with Crippen molar-refractivity contribution < 1.29 is 15.0 Å². The molecule has 0 radical (unpaired) electrons. The molecule has 1 unspecified atom stereocenters. The molecule has 0 saturated carbocycles. The molecule has 1 aromatic carbocycles. The Morgan fingerprint density at radius 1 is 1.00 bits per heavy atom. The highest BCUT2D eigenvalue weighted by Gasteiger charge is 2.25. The van der Waals surface area contributed by atoms with Crippen LogP contribution in [0.4, 0.5) is 0 Å². The Labute approximate surface area is 108 Å². The summed E-state index contributed by atoms with van der Waals surface area (Å²) in [6, 6.07) is 3.84. The molecule has 1 atom stereocenters. The first-order valence-electron chi connectivity index (χ1n) is 6.35. The lowest BCUT2D eigenvalue weighted by Crippen LogP contribution is -2.12. The van der Waals surface area contributed by atoms with Crippen LogP contribution in [0.5, 0.6) is 5.75 Å². The summed E-state index contributed by atoms with van der Waals surface area (Å²) in [6.07, 6.45) is 0. The minimum atomic E-state index is -0.909. The number of hydrogen-bond acceptors (Lipinski definition) is 2. The molecule has 0 aliphatic rings. The van der Waals surface area contributed by atoms with Gasteiger partial charge in [0.1, 0.15) is 5.75 Å². The van der Waals surface area contributed by atoms with Crippen LogP contribution in [-0.2, 0) is 4.79 Å². The van der Waals surface area contributed by atoms with E-state index >= 15 is 0 Å². The van der Waals surface area contributed by atoms with Gasteiger partial charge < -0.3 is 10.2 Å². The van der Waals surface area contributed by atoms with Crippen LogP contribution >= 0.6 is 0 Å². The van der Waals surface area contributed by atoms with Gasteiger partial charge in [0, 0.05) is 5.56 Å². The van der Waals surface area contributed by atoms with Gasteiger partial charge in [-0.1, -0.05) is 39.8 Å². The third-order valence-corrected chi connectivity index (χ3v) is 3.33. The summed E-state index contributed by atoms with van der Waals surface area (Å²) >= 11 is 0. The van der Waals surface area contributed by atoms with Gasteiger partial charge in [0.2, 0.25) is 0 Å². The first-order valence-corrected chi connectivity index (χ1v) is 6.35. The lowest BCUT2D eigenvalue weighted by atomic mass is 9.85. The molecule has 18 heavy (non-hydrogen) atoms. The second kappa shape index (κ2) is 5.42. The molecule has 0 aliphatic carbocycles. The van der Waals surface area contributed by atoms with Crippen molar-refractivity contribution >= 4 is 5.97 Å². The normalized spacial score (nSPS) is 13.1. The van der Waals surface area contributed by atoms with E-state index in [1.807, 2.05) is 39.8 Å². The van der Waals surface area contributed by atoms with E-state index in [1.165, 1.54) is 0 Å². The summed E-state index contributed by atoms with van der Waals surface area (Å²) in [4.78, 5) is 11.2. The summed E-state index contributed by atoms with van der Waals surface area (Å²) in [6.45, 7) is 9.59. The maximum atomic E-state index is 11.2. The van der Waals surface area contributed by atoms with Crippen LogP contribution < -0.4 is 0 Å². The Hall–Kier alpha value is -1.51. The van der Waals surface area contributed by atoms with E-state index in [9.17, 15) is 15.0 Å². The van der Waals surface area contributed by atoms with E-state index in [1.54, 1.807) is 6.92 Å². The summed E-state index contributed by atoms with van der Waals surface area (Å²) in [5, 5.41) is 19.5. The minimum Gasteiger partial charge on any atom is -0.507 e. The van der Waals surface area contributed by atoms with Crippen LogP contribution in [0.15, 0.2) is 12.1 Å². The number of rotatable bonds is 4. The zero-order chi connectivity index (χ0) is 14.0. The minimum absolute atomic E-state index is 0.145. The number of phenolic OH excluding ortho intramolecular Hbond substituents is 1. The predicted molar refractivity (Wildman–Crippen MR) is 72.3 cm³/mol. The van der Waals surface area contributed by atoms with Crippen LogP contribution in [0.25, 0.3) is 0 Å². The topological polar surface area (TPSA) is 57.5 Å². The number of carboxylic acid groups (broad SMARTS) is 1. The zero-order valence-electron chi connectivity index (χ0n) is 11.7. The smallest absolute Gasteiger partial charge is 0.310 e. The third-order valence-electron chi connectivity index (χ3n) is 3.33. The average Bonchev–Trinajstić information content (AvgIpc) is 2.26. The first-order chi connectivity index (χ1) is 8.27. The number of phenols is 1. The van der Waals surface area contributed by atoms with Crippen LogP contribution in [0.1, 0.15) is 69.1 Å². The Morgan fingerprint density at radius 3 is 1.83 bits per heavy atom. The van der Waals surface area contributed by atoms with Crippen LogP contribution in [0, 0.1) is 0 Å². The summed E-state index contributed by atoms with van der Waals surface area (Å²) in [5.41, 5.74) is 2.28. The van der Waals surface area contributed by atoms with Gasteiger partial charge in [-0.05, 0) is 29.9 Å². The molecule has 0 amide bonds. The second-order valence-corrected chi connectivity index (χ2v) is 5.38. The van der Waals surface area contributed by atoms with Gasteiger partial charge in [-0.3, -0.25) is 4.79 Å². The van der Waals surface area contributed by atoms with Gasteiger partial charge in [0.25, 0.3) is 0 Å². The number of benzene rings is 1. The van der Waals surface area contributed by atoms with Gasteiger partial charge in [0.05, 0.1) is 5.92 Å². The van der Waals surface area contributed by atoms with Crippen molar-refractivity contribution in [1.82, 2.24) is 0 Å². The van der Waals surface area contributed by atoms with Crippen molar-refractivity contribution in [2.24, 2.45) is 0 Å². The summed E-state index contributed by atoms with van der Waals surface area (Å²) in [7, 11) is 0. The largest absolute Gasteiger partial charge is 0.507 e. The number of carbonyl (C=O) groups is 1. The highest BCUT2D eigenvalue weighted by atomic mass is 16.4. The SMILES string of the molecule is CC(C)c1ccc(C(C)C)c(C(C)C(=O)O)c1O. The van der Waals surface area contributed by atoms with Crippen molar-refractivity contribution in [3.05, 3.63) is 28.8 Å². The van der Waals surface area contributed by atoms with Crippen molar-refractivity contribution in [2.45, 2.75) is 52.4 Å². The van der Waals surface area contributed by atoms with E-state index in [-0.39, 0.29) is 17.6 Å². The molecule has 3 heteroatoms. The van der Waals surface area contributed by atoms with E-state index in [0.717, 1.165) is 11.1 Å². The van der Waals surface area contributed by atoms with Gasteiger partial charge in [0.15, 0.2) is 0 Å². The molecular formula is C15H22O3.